The summed E-state index contributed by atoms with van der Waals surface area (Å²) in [4.78, 5) is 4.59. The highest BCUT2D eigenvalue weighted by molar-refractivity contribution is 9.10. The molecule has 0 saturated carbocycles. The molecule has 0 aliphatic carbocycles. The van der Waals surface area contributed by atoms with Crippen molar-refractivity contribution in [1.82, 2.24) is 0 Å². The zero-order chi connectivity index (χ0) is 28.5. The summed E-state index contributed by atoms with van der Waals surface area (Å²) in [5, 5.41) is 0. The highest BCUT2D eigenvalue weighted by Gasteiger charge is 2.40. The summed E-state index contributed by atoms with van der Waals surface area (Å²) in [7, 11) is 0. The van der Waals surface area contributed by atoms with Crippen LogP contribution in [0, 0.1) is 0 Å². The van der Waals surface area contributed by atoms with Gasteiger partial charge in [0.25, 0.3) is 6.02 Å². The van der Waals surface area contributed by atoms with Gasteiger partial charge in [-0.05, 0) is 90.2 Å². The number of ether oxygens (including phenoxy) is 3. The molecule has 4 aromatic rings. The lowest BCUT2D eigenvalue weighted by Crippen LogP contribution is -2.27. The van der Waals surface area contributed by atoms with Crippen molar-refractivity contribution in [2.45, 2.75) is 19.4 Å². The largest absolute Gasteiger partial charge is 0.494 e. The minimum absolute atomic E-state index is 0.217. The fourth-order valence-corrected chi connectivity index (χ4v) is 5.19. The van der Waals surface area contributed by atoms with Gasteiger partial charge in [0.2, 0.25) is 0 Å². The van der Waals surface area contributed by atoms with E-state index in [1.54, 1.807) is 0 Å². The molecule has 206 valence electrons. The van der Waals surface area contributed by atoms with Crippen LogP contribution >= 0.6 is 31.9 Å². The number of hydrogen-bond donors (Lipinski definition) is 1. The van der Waals surface area contributed by atoms with Crippen LogP contribution in [0.15, 0.2) is 118 Å². The van der Waals surface area contributed by atoms with Crippen LogP contribution in [-0.2, 0) is 10.3 Å². The molecule has 0 spiro atoms. The van der Waals surface area contributed by atoms with Crippen LogP contribution in [0.2, 0.25) is 0 Å². The molecule has 5 nitrogen and oxygen atoms in total. The first-order chi connectivity index (χ1) is 19.3. The first kappa shape index (κ1) is 29.4. The summed E-state index contributed by atoms with van der Waals surface area (Å²) in [5.74, 6) is 1.73. The molecule has 0 saturated heterocycles. The van der Waals surface area contributed by atoms with Gasteiger partial charge in [-0.25, -0.2) is 4.99 Å². The van der Waals surface area contributed by atoms with E-state index < -0.39 is 5.54 Å². The maximum absolute atomic E-state index is 5.79. The summed E-state index contributed by atoms with van der Waals surface area (Å²) in [6.07, 6.45) is 0. The molecule has 7 heteroatoms. The molecule has 0 amide bonds. The number of benzene rings is 4. The number of amidine groups is 1. The summed E-state index contributed by atoms with van der Waals surface area (Å²) in [6, 6.07) is 32.4. The Morgan fingerprint density at radius 1 is 0.800 bits per heavy atom. The van der Waals surface area contributed by atoms with Crippen molar-refractivity contribution < 1.29 is 14.2 Å². The van der Waals surface area contributed by atoms with Crippen LogP contribution in [0.3, 0.4) is 0 Å². The topological polar surface area (TPSA) is 66.1 Å². The lowest BCUT2D eigenvalue weighted by atomic mass is 9.84. The zero-order valence-corrected chi connectivity index (χ0v) is 25.7. The van der Waals surface area contributed by atoms with Crippen LogP contribution in [0.5, 0.6) is 11.5 Å². The normalized spacial score (nSPS) is 15.8. The second-order valence-electron chi connectivity index (χ2n) is 9.01. The second kappa shape index (κ2) is 13.7. The smallest absolute Gasteiger partial charge is 0.283 e. The van der Waals surface area contributed by atoms with Crippen molar-refractivity contribution in [2.75, 3.05) is 19.8 Å². The second-order valence-corrected chi connectivity index (χ2v) is 10.8. The van der Waals surface area contributed by atoms with E-state index in [0.29, 0.717) is 19.8 Å². The van der Waals surface area contributed by atoms with E-state index in [1.165, 1.54) is 0 Å². The van der Waals surface area contributed by atoms with E-state index >= 15 is 0 Å². The van der Waals surface area contributed by atoms with Gasteiger partial charge in [-0.15, -0.1) is 0 Å². The Labute approximate surface area is 253 Å². The maximum atomic E-state index is 5.79. The molecule has 0 fully saturated rings. The Hall–Kier alpha value is -3.55. The standard InChI is InChI=1S/C17H17BrN2O2.C16H15BrO/c1-2-21-15-8-6-12(7-9-15)17(11-22-16(19)20-17)13-4-3-5-14(18)10-13;1-3-18-16-9-7-13(8-10-16)12(2)14-5-4-6-15(17)11-14/h3-10H,2,11H2,1H3,(H2,19,20);4-11H,2-3H2,1H3. The van der Waals surface area contributed by atoms with E-state index in [9.17, 15) is 0 Å². The van der Waals surface area contributed by atoms with Crippen molar-refractivity contribution in [1.29, 1.82) is 0 Å². The molecular formula is C33H32Br2N2O3. The molecule has 0 aromatic heterocycles. The van der Waals surface area contributed by atoms with Gasteiger partial charge in [-0.1, -0.05) is 87.0 Å². The molecular weight excluding hydrogens is 632 g/mol. The molecule has 1 heterocycles. The minimum atomic E-state index is -0.612. The Morgan fingerprint density at radius 3 is 1.90 bits per heavy atom. The first-order valence-corrected chi connectivity index (χ1v) is 14.6. The van der Waals surface area contributed by atoms with Crippen LogP contribution in [-0.4, -0.2) is 25.8 Å². The number of nitrogens with two attached hydrogens (primary N) is 1. The minimum Gasteiger partial charge on any atom is -0.494 e. The molecule has 40 heavy (non-hydrogen) atoms. The molecule has 5 rings (SSSR count). The summed E-state index contributed by atoms with van der Waals surface area (Å²) in [5.41, 5.74) is 10.5. The number of halogens is 2. The third-order valence-corrected chi connectivity index (χ3v) is 7.35. The highest BCUT2D eigenvalue weighted by Crippen LogP contribution is 2.39. The lowest BCUT2D eigenvalue weighted by molar-refractivity contribution is 0.278. The summed E-state index contributed by atoms with van der Waals surface area (Å²) >= 11 is 6.99. The molecule has 4 aromatic carbocycles. The van der Waals surface area contributed by atoms with Crippen LogP contribution in [0.1, 0.15) is 36.1 Å². The molecule has 2 N–H and O–H groups in total. The van der Waals surface area contributed by atoms with E-state index in [1.807, 2.05) is 98.8 Å². The fraction of sp³-hybridized carbons (Fsp3) is 0.182. The Bertz CT molecular complexity index is 1470. The molecule has 0 bridgehead atoms. The molecule has 1 atom stereocenters. The van der Waals surface area contributed by atoms with E-state index in [0.717, 1.165) is 48.3 Å². The van der Waals surface area contributed by atoms with Crippen LogP contribution in [0.4, 0.5) is 0 Å². The van der Waals surface area contributed by atoms with Crippen molar-refractivity contribution in [3.8, 4) is 11.5 Å². The monoisotopic (exact) mass is 662 g/mol. The molecule has 1 unspecified atom stereocenters. The first-order valence-electron chi connectivity index (χ1n) is 13.0. The summed E-state index contributed by atoms with van der Waals surface area (Å²) in [6.45, 7) is 9.82. The average Bonchev–Trinajstić information content (AvgIpc) is 3.37. The zero-order valence-electron chi connectivity index (χ0n) is 22.6. The van der Waals surface area contributed by atoms with Gasteiger partial charge in [0, 0.05) is 8.95 Å². The fourth-order valence-electron chi connectivity index (χ4n) is 4.39. The third-order valence-electron chi connectivity index (χ3n) is 6.36. The average molecular weight is 664 g/mol. The number of aliphatic imine (C=N–C) groups is 1. The number of nitrogens with zero attached hydrogens (tertiary/aromatic N) is 1. The predicted octanol–water partition coefficient (Wildman–Crippen LogP) is 8.35. The number of rotatable bonds is 8. The van der Waals surface area contributed by atoms with Gasteiger partial charge >= 0.3 is 0 Å². The quantitative estimate of drug-likeness (QED) is 0.206. The van der Waals surface area contributed by atoms with E-state index in [2.05, 4.69) is 55.6 Å². The molecule has 0 radical (unpaired) electrons. The van der Waals surface area contributed by atoms with Gasteiger partial charge in [-0.3, -0.25) is 0 Å². The lowest BCUT2D eigenvalue weighted by Gasteiger charge is -2.25. The Balaban J connectivity index is 0.000000189. The van der Waals surface area contributed by atoms with Crippen LogP contribution in [0.25, 0.3) is 5.57 Å². The Kier molecular flexibility index (Phi) is 10.1. The van der Waals surface area contributed by atoms with Crippen molar-refractivity contribution in [3.63, 3.8) is 0 Å². The number of hydrogen-bond acceptors (Lipinski definition) is 5. The van der Waals surface area contributed by atoms with Gasteiger partial charge in [0.1, 0.15) is 18.1 Å². The third kappa shape index (κ3) is 7.14. The van der Waals surface area contributed by atoms with Gasteiger partial charge in [0.15, 0.2) is 5.54 Å². The van der Waals surface area contributed by atoms with Crippen molar-refractivity contribution >= 4 is 43.5 Å². The SMILES string of the molecule is C=C(c1ccc(OCC)cc1)c1cccc(Br)c1.CCOc1ccc(C2(c3cccc(Br)c3)COC(N)=N2)cc1. The van der Waals surface area contributed by atoms with Gasteiger partial charge in [-0.2, -0.15) is 0 Å². The summed E-state index contributed by atoms with van der Waals surface area (Å²) < 4.78 is 18.5. The van der Waals surface area contributed by atoms with Gasteiger partial charge in [0.05, 0.1) is 13.2 Å². The Morgan fingerprint density at radius 2 is 1.38 bits per heavy atom. The predicted molar refractivity (Wildman–Crippen MR) is 170 cm³/mol. The highest BCUT2D eigenvalue weighted by atomic mass is 79.9. The van der Waals surface area contributed by atoms with Crippen molar-refractivity contribution in [3.05, 3.63) is 135 Å². The van der Waals surface area contributed by atoms with Crippen molar-refractivity contribution in [2.24, 2.45) is 10.7 Å². The van der Waals surface area contributed by atoms with E-state index in [4.69, 9.17) is 19.9 Å². The van der Waals surface area contributed by atoms with Crippen LogP contribution < -0.4 is 15.2 Å². The molecule has 1 aliphatic heterocycles. The van der Waals surface area contributed by atoms with Gasteiger partial charge < -0.3 is 19.9 Å². The maximum Gasteiger partial charge on any atom is 0.283 e. The molecule has 1 aliphatic rings. The van der Waals surface area contributed by atoms with E-state index in [-0.39, 0.29) is 6.02 Å².